The van der Waals surface area contributed by atoms with Gasteiger partial charge in [-0.15, -0.1) is 0 Å². The van der Waals surface area contributed by atoms with Gasteiger partial charge in [0.15, 0.2) is 0 Å². The normalized spacial score (nSPS) is 11.3. The smallest absolute Gasteiger partial charge is 0.310 e. The molecular weight excluding hydrogens is 466 g/mol. The van der Waals surface area contributed by atoms with Gasteiger partial charge >= 0.3 is 5.97 Å². The quantitative estimate of drug-likeness (QED) is 0.327. The van der Waals surface area contributed by atoms with Gasteiger partial charge < -0.3 is 9.30 Å². The molecule has 6 rings (SSSR count). The lowest BCUT2D eigenvalue weighted by Gasteiger charge is -2.14. The van der Waals surface area contributed by atoms with Gasteiger partial charge in [0.1, 0.15) is 5.69 Å². The number of para-hydroxylation sites is 2. The maximum atomic E-state index is 13.6. The zero-order valence-electron chi connectivity index (χ0n) is 20.1. The topological polar surface area (TPSA) is 83.9 Å². The summed E-state index contributed by atoms with van der Waals surface area (Å²) in [4.78, 5) is 25.6. The Morgan fingerprint density at radius 3 is 2.51 bits per heavy atom. The molecular formula is C29H23N5O3. The minimum atomic E-state index is -0.376. The Balaban J connectivity index is 1.45. The minimum Gasteiger partial charge on any atom is -0.469 e. The first kappa shape index (κ1) is 22.5. The highest BCUT2D eigenvalue weighted by atomic mass is 16.5. The van der Waals surface area contributed by atoms with Crippen molar-refractivity contribution < 1.29 is 9.53 Å². The van der Waals surface area contributed by atoms with Crippen LogP contribution in [0.15, 0.2) is 102 Å². The second-order valence-electron chi connectivity index (χ2n) is 8.75. The number of nitrogens with zero attached hydrogens (tertiary/aromatic N) is 5. The summed E-state index contributed by atoms with van der Waals surface area (Å²) < 4.78 is 10.1. The Hall–Kier alpha value is -4.98. The molecule has 3 heterocycles. The van der Waals surface area contributed by atoms with Crippen LogP contribution in [0.2, 0.25) is 0 Å². The highest BCUT2D eigenvalue weighted by Crippen LogP contribution is 2.29. The maximum absolute atomic E-state index is 13.6. The van der Waals surface area contributed by atoms with Gasteiger partial charge in [-0.25, -0.2) is 4.68 Å². The van der Waals surface area contributed by atoms with Gasteiger partial charge in [-0.1, -0.05) is 48.5 Å². The number of aromatic nitrogens is 5. The molecule has 0 saturated heterocycles. The van der Waals surface area contributed by atoms with E-state index in [0.29, 0.717) is 29.1 Å². The summed E-state index contributed by atoms with van der Waals surface area (Å²) in [6.07, 6.45) is 5.58. The summed E-state index contributed by atoms with van der Waals surface area (Å²) in [7, 11) is 1.35. The highest BCUT2D eigenvalue weighted by Gasteiger charge is 2.22. The van der Waals surface area contributed by atoms with Gasteiger partial charge in [-0.2, -0.15) is 14.9 Å². The van der Waals surface area contributed by atoms with Gasteiger partial charge in [0, 0.05) is 30.5 Å². The number of ether oxygens (including phenoxy) is 1. The van der Waals surface area contributed by atoms with E-state index in [1.165, 1.54) is 11.8 Å². The number of rotatable bonds is 6. The van der Waals surface area contributed by atoms with Crippen molar-refractivity contribution in [1.82, 2.24) is 24.1 Å². The van der Waals surface area contributed by atoms with Crippen molar-refractivity contribution in [1.29, 1.82) is 0 Å². The van der Waals surface area contributed by atoms with Crippen molar-refractivity contribution in [3.05, 3.63) is 119 Å². The predicted octanol–water partition coefficient (Wildman–Crippen LogP) is 4.24. The van der Waals surface area contributed by atoms with Crippen LogP contribution < -0.4 is 5.56 Å². The van der Waals surface area contributed by atoms with Crippen LogP contribution in [-0.4, -0.2) is 37.2 Å². The summed E-state index contributed by atoms with van der Waals surface area (Å²) in [6.45, 7) is 0.583. The number of hydrogen-bond acceptors (Lipinski definition) is 5. The van der Waals surface area contributed by atoms with Crippen molar-refractivity contribution in [2.24, 2.45) is 0 Å². The first-order valence-corrected chi connectivity index (χ1v) is 11.9. The molecule has 0 radical (unpaired) electrons. The Morgan fingerprint density at radius 1 is 0.946 bits per heavy atom. The molecule has 0 aliphatic carbocycles. The second kappa shape index (κ2) is 9.23. The van der Waals surface area contributed by atoms with Gasteiger partial charge in [-0.3, -0.25) is 9.59 Å². The fraction of sp³-hybridized carbons (Fsp3) is 0.103. The van der Waals surface area contributed by atoms with E-state index in [2.05, 4.69) is 21.8 Å². The number of carbonyl (C=O) groups excluding carboxylic acids is 1. The van der Waals surface area contributed by atoms with Crippen molar-refractivity contribution in [2.45, 2.75) is 13.0 Å². The van der Waals surface area contributed by atoms with E-state index in [-0.39, 0.29) is 17.9 Å². The molecule has 0 amide bonds. The summed E-state index contributed by atoms with van der Waals surface area (Å²) >= 11 is 0. The van der Waals surface area contributed by atoms with Crippen LogP contribution in [0.1, 0.15) is 11.1 Å². The Labute approximate surface area is 212 Å². The molecule has 0 bridgehead atoms. The molecule has 8 nitrogen and oxygen atoms in total. The molecule has 182 valence electrons. The third-order valence-corrected chi connectivity index (χ3v) is 6.47. The molecule has 4 aromatic rings. The Kier molecular flexibility index (Phi) is 5.61. The second-order valence-corrected chi connectivity index (χ2v) is 8.75. The first-order chi connectivity index (χ1) is 18.1. The maximum Gasteiger partial charge on any atom is 0.310 e. The number of benzene rings is 3. The van der Waals surface area contributed by atoms with Crippen LogP contribution in [0.3, 0.4) is 0 Å². The fourth-order valence-electron chi connectivity index (χ4n) is 4.64. The molecule has 1 aromatic heterocycles. The first-order valence-electron chi connectivity index (χ1n) is 11.9. The monoisotopic (exact) mass is 489 g/mol. The largest absolute Gasteiger partial charge is 0.469 e. The van der Waals surface area contributed by atoms with Gasteiger partial charge in [0.2, 0.25) is 0 Å². The van der Waals surface area contributed by atoms with Crippen LogP contribution in [0.25, 0.3) is 33.5 Å². The van der Waals surface area contributed by atoms with Gasteiger partial charge in [-0.05, 0) is 41.5 Å². The van der Waals surface area contributed by atoms with Gasteiger partial charge in [0.25, 0.3) is 5.56 Å². The van der Waals surface area contributed by atoms with Crippen molar-refractivity contribution in [2.75, 3.05) is 7.11 Å². The molecule has 3 aromatic carbocycles. The molecule has 0 spiro atoms. The average Bonchev–Trinajstić information content (AvgIpc) is 3.58. The molecule has 0 saturated carbocycles. The van der Waals surface area contributed by atoms with E-state index in [1.807, 2.05) is 77.7 Å². The zero-order valence-corrected chi connectivity index (χ0v) is 20.1. The molecule has 0 N–H and O–H groups in total. The van der Waals surface area contributed by atoms with Crippen molar-refractivity contribution >= 4 is 16.9 Å². The van der Waals surface area contributed by atoms with Gasteiger partial charge in [0.05, 0.1) is 36.0 Å². The third-order valence-electron chi connectivity index (χ3n) is 6.47. The number of methoxy groups -OCH3 is 1. The van der Waals surface area contributed by atoms with Crippen LogP contribution >= 0.6 is 0 Å². The van der Waals surface area contributed by atoms with E-state index in [4.69, 9.17) is 9.84 Å². The molecule has 8 heteroatoms. The van der Waals surface area contributed by atoms with E-state index in [9.17, 15) is 9.59 Å². The number of pyridine rings is 1. The SMILES string of the molecule is COC(=O)Cc1ccccc1-n1nc2c3ccccc3n(Cc3ccc(-n4cccn4)cc3)cc-2c1=O. The lowest BCUT2D eigenvalue weighted by Crippen LogP contribution is -2.18. The third kappa shape index (κ3) is 4.08. The van der Waals surface area contributed by atoms with Crippen molar-refractivity contribution in [3.63, 3.8) is 0 Å². The van der Waals surface area contributed by atoms with E-state index in [1.54, 1.807) is 12.3 Å². The summed E-state index contributed by atoms with van der Waals surface area (Å²) in [5.74, 6) is -0.376. The molecule has 0 unspecified atom stereocenters. The Morgan fingerprint density at radius 2 is 1.73 bits per heavy atom. The van der Waals surface area contributed by atoms with Crippen LogP contribution in [-0.2, 0) is 22.5 Å². The number of hydrogen-bond donors (Lipinski definition) is 0. The summed E-state index contributed by atoms with van der Waals surface area (Å²) in [5, 5.41) is 9.89. The van der Waals surface area contributed by atoms with E-state index < -0.39 is 0 Å². The van der Waals surface area contributed by atoms with E-state index >= 15 is 0 Å². The average molecular weight is 490 g/mol. The van der Waals surface area contributed by atoms with Crippen LogP contribution in [0.4, 0.5) is 0 Å². The molecule has 2 aliphatic rings. The van der Waals surface area contributed by atoms with Crippen molar-refractivity contribution in [3.8, 4) is 22.6 Å². The fourth-order valence-corrected chi connectivity index (χ4v) is 4.64. The highest BCUT2D eigenvalue weighted by molar-refractivity contribution is 5.93. The van der Waals surface area contributed by atoms with Crippen LogP contribution in [0.5, 0.6) is 0 Å². The molecule has 0 fully saturated rings. The zero-order chi connectivity index (χ0) is 25.4. The van der Waals surface area contributed by atoms with E-state index in [0.717, 1.165) is 22.2 Å². The number of fused-ring (bicyclic) bond motifs is 3. The Bertz CT molecular complexity index is 1750. The molecule has 2 aliphatic heterocycles. The minimum absolute atomic E-state index is 0.0532. The molecule has 0 atom stereocenters. The standard InChI is InChI=1S/C29H23N5O3/c1-37-27(35)17-21-7-2-4-9-25(21)34-29(36)24-19-32(26-10-5-3-8-23(26)28(24)31-34)18-20-11-13-22(14-12-20)33-16-6-15-30-33/h2-16,19H,17-18H2,1H3. The number of carbonyl (C=O) groups is 1. The van der Waals surface area contributed by atoms with Crippen LogP contribution in [0, 0.1) is 0 Å². The lowest BCUT2D eigenvalue weighted by atomic mass is 10.1. The summed E-state index contributed by atoms with van der Waals surface area (Å²) in [6, 6.07) is 25.3. The molecule has 37 heavy (non-hydrogen) atoms. The lowest BCUT2D eigenvalue weighted by molar-refractivity contribution is -0.139. The predicted molar refractivity (Wildman–Crippen MR) is 140 cm³/mol. The summed E-state index contributed by atoms with van der Waals surface area (Å²) in [5.41, 5.74) is 5.19. The number of esters is 1.